The lowest BCUT2D eigenvalue weighted by Crippen LogP contribution is -2.53. The van der Waals surface area contributed by atoms with Crippen LogP contribution in [0.3, 0.4) is 0 Å². The van der Waals surface area contributed by atoms with Crippen LogP contribution in [-0.2, 0) is 26.2 Å². The molecule has 8 nitrogen and oxygen atoms in total. The Morgan fingerprint density at radius 2 is 1.66 bits per heavy atom. The summed E-state index contributed by atoms with van der Waals surface area (Å²) in [5.41, 5.74) is 1.06. The molecule has 218 valence electrons. The van der Waals surface area contributed by atoms with E-state index in [0.717, 1.165) is 42.0 Å². The predicted octanol–water partition coefficient (Wildman–Crippen LogP) is 5.41. The summed E-state index contributed by atoms with van der Waals surface area (Å²) in [5.74, 6) is -0.271. The summed E-state index contributed by atoms with van der Waals surface area (Å²) < 4.78 is 34.0. The molecular weight excluding hydrogens is 562 g/mol. The minimum Gasteiger partial charge on any atom is -0.497 e. The Morgan fingerprint density at radius 3 is 2.29 bits per heavy atom. The zero-order valence-corrected chi connectivity index (χ0v) is 24.9. The topological polar surface area (TPSA) is 96.0 Å². The van der Waals surface area contributed by atoms with Crippen molar-refractivity contribution in [1.82, 2.24) is 10.2 Å². The zero-order chi connectivity index (χ0) is 29.4. The summed E-state index contributed by atoms with van der Waals surface area (Å²) in [7, 11) is -2.70. The highest BCUT2D eigenvalue weighted by molar-refractivity contribution is 7.92. The predicted molar refractivity (Wildman–Crippen MR) is 160 cm³/mol. The highest BCUT2D eigenvalue weighted by Gasteiger charge is 2.33. The van der Waals surface area contributed by atoms with Crippen LogP contribution in [0.25, 0.3) is 0 Å². The van der Waals surface area contributed by atoms with Gasteiger partial charge >= 0.3 is 0 Å². The summed E-state index contributed by atoms with van der Waals surface area (Å²) in [4.78, 5) is 28.8. The van der Waals surface area contributed by atoms with Crippen LogP contribution in [-0.4, -0.2) is 50.9 Å². The number of rotatable bonds is 11. The van der Waals surface area contributed by atoms with E-state index in [2.05, 4.69) is 5.32 Å². The van der Waals surface area contributed by atoms with Gasteiger partial charge in [-0.1, -0.05) is 67.3 Å². The minimum atomic E-state index is -4.19. The van der Waals surface area contributed by atoms with Crippen LogP contribution >= 0.6 is 11.6 Å². The van der Waals surface area contributed by atoms with E-state index < -0.39 is 28.5 Å². The van der Waals surface area contributed by atoms with Crippen molar-refractivity contribution in [2.75, 3.05) is 18.0 Å². The zero-order valence-electron chi connectivity index (χ0n) is 23.3. The molecular formula is C31H36ClN3O5S. The third-order valence-corrected chi connectivity index (χ3v) is 9.36. The van der Waals surface area contributed by atoms with Gasteiger partial charge in [-0.15, -0.1) is 0 Å². The largest absolute Gasteiger partial charge is 0.497 e. The number of hydrogen-bond acceptors (Lipinski definition) is 5. The van der Waals surface area contributed by atoms with Crippen molar-refractivity contribution < 1.29 is 22.7 Å². The van der Waals surface area contributed by atoms with Gasteiger partial charge in [0.2, 0.25) is 11.8 Å². The van der Waals surface area contributed by atoms with E-state index in [1.165, 1.54) is 30.2 Å². The van der Waals surface area contributed by atoms with Crippen molar-refractivity contribution in [3.05, 3.63) is 89.4 Å². The number of benzene rings is 3. The fraction of sp³-hybridized carbons (Fsp3) is 0.355. The molecule has 0 aliphatic heterocycles. The highest BCUT2D eigenvalue weighted by Crippen LogP contribution is 2.28. The van der Waals surface area contributed by atoms with E-state index in [1.54, 1.807) is 37.3 Å². The van der Waals surface area contributed by atoms with Crippen molar-refractivity contribution in [3.8, 4) is 5.75 Å². The van der Waals surface area contributed by atoms with Crippen molar-refractivity contribution in [2.24, 2.45) is 0 Å². The molecule has 4 rings (SSSR count). The standard InChI is InChI=1S/C31H36ClN3O5S/c1-23(31(37)33-26-13-7-4-8-14-26)34(21-24-10-5-3-6-11-24)30(36)22-35(27-15-9-12-25(32)20-27)41(38,39)29-18-16-28(40-2)17-19-29/h3,5-6,9-12,15-20,23,26H,4,7-8,13-14,21-22H2,1-2H3,(H,33,37)/t23-/m0/s1. The summed E-state index contributed by atoms with van der Waals surface area (Å²) in [5, 5.41) is 3.43. The second kappa shape index (κ2) is 13.9. The van der Waals surface area contributed by atoms with Crippen molar-refractivity contribution in [1.29, 1.82) is 0 Å². The Bertz CT molecular complexity index is 1430. The second-order valence-electron chi connectivity index (χ2n) is 10.2. The molecule has 3 aromatic rings. The van der Waals surface area contributed by atoms with E-state index >= 15 is 0 Å². The number of hydrogen-bond donors (Lipinski definition) is 1. The van der Waals surface area contributed by atoms with E-state index in [9.17, 15) is 18.0 Å². The van der Waals surface area contributed by atoms with E-state index in [1.807, 2.05) is 30.3 Å². The molecule has 3 aromatic carbocycles. The molecule has 1 N–H and O–H groups in total. The van der Waals surface area contributed by atoms with Gasteiger partial charge in [-0.05, 0) is 67.8 Å². The Hall–Kier alpha value is -3.56. The monoisotopic (exact) mass is 597 g/mol. The summed E-state index contributed by atoms with van der Waals surface area (Å²) in [6, 6.07) is 20.9. The van der Waals surface area contributed by atoms with Crippen LogP contribution in [0.2, 0.25) is 5.02 Å². The van der Waals surface area contributed by atoms with E-state index in [0.29, 0.717) is 10.8 Å². The number of ether oxygens (including phenoxy) is 1. The number of carbonyl (C=O) groups is 2. The van der Waals surface area contributed by atoms with Gasteiger partial charge in [0.15, 0.2) is 0 Å². The third-order valence-electron chi connectivity index (χ3n) is 7.34. The molecule has 2 amide bonds. The van der Waals surface area contributed by atoms with Crippen molar-refractivity contribution in [2.45, 2.75) is 62.6 Å². The van der Waals surface area contributed by atoms with Crippen LogP contribution in [0, 0.1) is 0 Å². The van der Waals surface area contributed by atoms with Gasteiger partial charge in [0.25, 0.3) is 10.0 Å². The number of methoxy groups -OCH3 is 1. The van der Waals surface area contributed by atoms with Crippen molar-refractivity contribution in [3.63, 3.8) is 0 Å². The summed E-state index contributed by atoms with van der Waals surface area (Å²) in [6.45, 7) is 1.30. The lowest BCUT2D eigenvalue weighted by atomic mass is 9.95. The second-order valence-corrected chi connectivity index (χ2v) is 12.5. The molecule has 1 saturated carbocycles. The molecule has 0 saturated heterocycles. The molecule has 0 bridgehead atoms. The molecule has 0 unspecified atom stereocenters. The van der Waals surface area contributed by atoms with Gasteiger partial charge < -0.3 is 15.0 Å². The highest BCUT2D eigenvalue weighted by atomic mass is 35.5. The number of halogens is 1. The number of nitrogens with one attached hydrogen (secondary N) is 1. The fourth-order valence-electron chi connectivity index (χ4n) is 4.97. The number of anilines is 1. The fourth-order valence-corrected chi connectivity index (χ4v) is 6.56. The molecule has 1 fully saturated rings. The molecule has 0 radical (unpaired) electrons. The van der Waals surface area contributed by atoms with Gasteiger partial charge in [-0.3, -0.25) is 13.9 Å². The molecule has 0 aromatic heterocycles. The first-order valence-electron chi connectivity index (χ1n) is 13.7. The van der Waals surface area contributed by atoms with Gasteiger partial charge in [0, 0.05) is 17.6 Å². The lowest BCUT2D eigenvalue weighted by molar-refractivity contribution is -0.139. The lowest BCUT2D eigenvalue weighted by Gasteiger charge is -2.33. The molecule has 1 atom stereocenters. The van der Waals surface area contributed by atoms with Crippen LogP contribution < -0.4 is 14.4 Å². The molecule has 0 heterocycles. The third kappa shape index (κ3) is 7.80. The number of nitrogens with zero attached hydrogens (tertiary/aromatic N) is 2. The Morgan fingerprint density at radius 1 is 0.976 bits per heavy atom. The average Bonchev–Trinajstić information content (AvgIpc) is 2.99. The first-order valence-corrected chi connectivity index (χ1v) is 15.6. The van der Waals surface area contributed by atoms with Gasteiger partial charge in [-0.25, -0.2) is 8.42 Å². The Balaban J connectivity index is 1.66. The van der Waals surface area contributed by atoms with Gasteiger partial charge in [0.1, 0.15) is 18.3 Å². The van der Waals surface area contributed by atoms with E-state index in [4.69, 9.17) is 16.3 Å². The normalized spacial score (nSPS) is 14.6. The molecule has 1 aliphatic carbocycles. The quantitative estimate of drug-likeness (QED) is 0.319. The summed E-state index contributed by atoms with van der Waals surface area (Å²) >= 11 is 6.23. The molecule has 41 heavy (non-hydrogen) atoms. The Kier molecular flexibility index (Phi) is 10.3. The minimum absolute atomic E-state index is 0.0104. The van der Waals surface area contributed by atoms with Gasteiger partial charge in [-0.2, -0.15) is 0 Å². The maximum absolute atomic E-state index is 14.0. The smallest absolute Gasteiger partial charge is 0.264 e. The first kappa shape index (κ1) is 30.4. The van der Waals surface area contributed by atoms with Crippen LogP contribution in [0.1, 0.15) is 44.6 Å². The first-order chi connectivity index (χ1) is 19.7. The Labute approximate surface area is 247 Å². The van der Waals surface area contributed by atoms with Crippen LogP contribution in [0.15, 0.2) is 83.8 Å². The number of amides is 2. The molecule has 0 spiro atoms. The van der Waals surface area contributed by atoms with Crippen LogP contribution in [0.5, 0.6) is 5.75 Å². The SMILES string of the molecule is COc1ccc(S(=O)(=O)N(CC(=O)N(Cc2ccccc2)[C@@H](C)C(=O)NC2CCCCC2)c2cccc(Cl)c2)cc1. The maximum atomic E-state index is 14.0. The summed E-state index contributed by atoms with van der Waals surface area (Å²) in [6.07, 6.45) is 5.09. The van der Waals surface area contributed by atoms with E-state index in [-0.39, 0.29) is 29.1 Å². The number of sulfonamides is 1. The van der Waals surface area contributed by atoms with Crippen LogP contribution in [0.4, 0.5) is 5.69 Å². The maximum Gasteiger partial charge on any atom is 0.264 e. The number of carbonyl (C=O) groups excluding carboxylic acids is 2. The molecule has 1 aliphatic rings. The molecule has 10 heteroatoms. The van der Waals surface area contributed by atoms with Crippen molar-refractivity contribution >= 4 is 39.1 Å². The van der Waals surface area contributed by atoms with Gasteiger partial charge in [0.05, 0.1) is 17.7 Å². The average molecular weight is 598 g/mol.